The number of hydrogen-bond acceptors (Lipinski definition) is 5. The van der Waals surface area contributed by atoms with Gasteiger partial charge in [0.05, 0.1) is 0 Å². The Kier molecular flexibility index (Phi) is 3.67. The molecule has 1 amide bonds. The highest BCUT2D eigenvalue weighted by Crippen LogP contribution is 2.11. The molecule has 0 saturated carbocycles. The second-order valence-corrected chi connectivity index (χ2v) is 3.52. The average Bonchev–Trinajstić information content (AvgIpc) is 2.46. The monoisotopic (exact) mass is 257 g/mol. The zero-order valence-corrected chi connectivity index (χ0v) is 9.82. The molecule has 0 aromatic carbocycles. The van der Waals surface area contributed by atoms with E-state index in [2.05, 4.69) is 20.5 Å². The predicted molar refractivity (Wildman–Crippen MR) is 68.3 cm³/mol. The van der Waals surface area contributed by atoms with Crippen LogP contribution >= 0.6 is 0 Å². The number of carbonyl (C=O) groups is 1. The van der Waals surface area contributed by atoms with Gasteiger partial charge >= 0.3 is 0 Å². The first-order chi connectivity index (χ1) is 9.18. The maximum Gasteiger partial charge on any atom is 0.293 e. The summed E-state index contributed by atoms with van der Waals surface area (Å²) in [6.07, 6.45) is 2.95. The molecule has 0 saturated heterocycles. The van der Waals surface area contributed by atoms with E-state index in [0.29, 0.717) is 5.69 Å². The highest BCUT2D eigenvalue weighted by Gasteiger charge is 2.11. The van der Waals surface area contributed by atoms with Gasteiger partial charge in [0, 0.05) is 12.4 Å². The number of nitrogens with zero attached hydrogens (tertiary/aromatic N) is 3. The Morgan fingerprint density at radius 2 is 2.00 bits per heavy atom. The Bertz CT molecular complexity index is 613. The first kappa shape index (κ1) is 12.5. The van der Waals surface area contributed by atoms with Crippen LogP contribution in [0.25, 0.3) is 0 Å². The van der Waals surface area contributed by atoms with Crippen LogP contribution in [0, 0.1) is 0 Å². The van der Waals surface area contributed by atoms with E-state index >= 15 is 0 Å². The first-order valence-electron chi connectivity index (χ1n) is 5.37. The molecule has 0 aliphatic rings. The fourth-order valence-corrected chi connectivity index (χ4v) is 1.31. The van der Waals surface area contributed by atoms with Crippen molar-refractivity contribution in [3.05, 3.63) is 54.1 Å². The molecule has 96 valence electrons. The van der Waals surface area contributed by atoms with Crippen LogP contribution in [0.1, 0.15) is 16.2 Å². The number of hydrazone groups is 1. The van der Waals surface area contributed by atoms with Crippen LogP contribution in [0.15, 0.2) is 47.8 Å². The van der Waals surface area contributed by atoms with Crippen molar-refractivity contribution in [1.82, 2.24) is 15.4 Å². The predicted octanol–water partition coefficient (Wildman–Crippen LogP) is 0.232. The third-order valence-corrected chi connectivity index (χ3v) is 2.21. The first-order valence-corrected chi connectivity index (χ1v) is 5.37. The fraction of sp³-hybridized carbons (Fsp3) is 0. The van der Waals surface area contributed by atoms with Crippen LogP contribution in [0.3, 0.4) is 0 Å². The number of aromatic hydroxyl groups is 1. The fourth-order valence-electron chi connectivity index (χ4n) is 1.31. The number of amides is 1. The van der Waals surface area contributed by atoms with Crippen molar-refractivity contribution < 1.29 is 9.90 Å². The zero-order valence-electron chi connectivity index (χ0n) is 9.82. The molecule has 2 aromatic rings. The number of hydrogen-bond donors (Lipinski definition) is 3. The van der Waals surface area contributed by atoms with E-state index in [4.69, 9.17) is 5.73 Å². The van der Waals surface area contributed by atoms with Crippen LogP contribution in [0.5, 0.6) is 5.75 Å². The number of nitrogens with one attached hydrogen (secondary N) is 1. The molecule has 0 atom stereocenters. The molecule has 2 aromatic heterocycles. The molecular weight excluding hydrogens is 246 g/mol. The standard InChI is InChI=1S/C12H11N5O2/c13-11(8-4-1-2-6-14-8)16-17-12(19)10-9(18)5-3-7-15-10/h1-7,18H,(H2,13,16)(H,17,19). The summed E-state index contributed by atoms with van der Waals surface area (Å²) in [5.41, 5.74) is 8.16. The highest BCUT2D eigenvalue weighted by atomic mass is 16.3. The normalized spacial score (nSPS) is 11.1. The lowest BCUT2D eigenvalue weighted by atomic mass is 10.3. The Hall–Kier alpha value is -2.96. The lowest BCUT2D eigenvalue weighted by Crippen LogP contribution is -2.25. The maximum absolute atomic E-state index is 11.7. The molecule has 0 unspecified atom stereocenters. The van der Waals surface area contributed by atoms with Gasteiger partial charge in [-0.25, -0.2) is 10.4 Å². The molecule has 0 spiro atoms. The van der Waals surface area contributed by atoms with Gasteiger partial charge in [-0.1, -0.05) is 6.07 Å². The number of carbonyl (C=O) groups excluding carboxylic acids is 1. The summed E-state index contributed by atoms with van der Waals surface area (Å²) in [7, 11) is 0. The molecule has 2 rings (SSSR count). The van der Waals surface area contributed by atoms with Crippen LogP contribution in [-0.4, -0.2) is 26.8 Å². The molecular formula is C12H11N5O2. The van der Waals surface area contributed by atoms with Gasteiger partial charge in [0.2, 0.25) is 0 Å². The van der Waals surface area contributed by atoms with E-state index in [-0.39, 0.29) is 17.3 Å². The molecule has 19 heavy (non-hydrogen) atoms. The second-order valence-electron chi connectivity index (χ2n) is 3.52. The van der Waals surface area contributed by atoms with E-state index < -0.39 is 5.91 Å². The quantitative estimate of drug-likeness (QED) is 0.414. The third kappa shape index (κ3) is 3.03. The summed E-state index contributed by atoms with van der Waals surface area (Å²) in [6.45, 7) is 0. The number of nitrogens with two attached hydrogens (primary N) is 1. The molecule has 0 radical (unpaired) electrons. The zero-order chi connectivity index (χ0) is 13.7. The van der Waals surface area contributed by atoms with E-state index in [9.17, 15) is 9.90 Å². The van der Waals surface area contributed by atoms with Gasteiger partial charge in [-0.15, -0.1) is 0 Å². The summed E-state index contributed by atoms with van der Waals surface area (Å²) in [5, 5.41) is 13.1. The molecule has 7 nitrogen and oxygen atoms in total. The van der Waals surface area contributed by atoms with Gasteiger partial charge in [-0.3, -0.25) is 9.78 Å². The molecule has 0 fully saturated rings. The molecule has 0 aliphatic carbocycles. The molecule has 7 heteroatoms. The lowest BCUT2D eigenvalue weighted by molar-refractivity contribution is 0.0947. The Balaban J connectivity index is 2.11. The third-order valence-electron chi connectivity index (χ3n) is 2.21. The van der Waals surface area contributed by atoms with E-state index in [1.807, 2.05) is 0 Å². The SMILES string of the molecule is N/C(=N\NC(=O)c1ncccc1O)c1ccccn1. The van der Waals surface area contributed by atoms with Gasteiger partial charge in [0.15, 0.2) is 11.5 Å². The summed E-state index contributed by atoms with van der Waals surface area (Å²) in [5.74, 6) is -0.826. The average molecular weight is 257 g/mol. The van der Waals surface area contributed by atoms with Gasteiger partial charge in [0.1, 0.15) is 11.4 Å². The highest BCUT2D eigenvalue weighted by molar-refractivity contribution is 5.99. The summed E-state index contributed by atoms with van der Waals surface area (Å²) >= 11 is 0. The summed E-state index contributed by atoms with van der Waals surface area (Å²) in [4.78, 5) is 19.4. The molecule has 4 N–H and O–H groups in total. The lowest BCUT2D eigenvalue weighted by Gasteiger charge is -2.02. The molecule has 2 heterocycles. The van der Waals surface area contributed by atoms with Crippen LogP contribution in [0.4, 0.5) is 0 Å². The van der Waals surface area contributed by atoms with E-state index in [1.54, 1.807) is 24.4 Å². The van der Waals surface area contributed by atoms with Gasteiger partial charge in [-0.05, 0) is 24.3 Å². The van der Waals surface area contributed by atoms with E-state index in [1.165, 1.54) is 18.3 Å². The maximum atomic E-state index is 11.7. The van der Waals surface area contributed by atoms with Crippen molar-refractivity contribution >= 4 is 11.7 Å². The van der Waals surface area contributed by atoms with Crippen LogP contribution in [0.2, 0.25) is 0 Å². The van der Waals surface area contributed by atoms with E-state index in [0.717, 1.165) is 0 Å². The minimum atomic E-state index is -0.656. The van der Waals surface area contributed by atoms with Crippen LogP contribution in [-0.2, 0) is 0 Å². The van der Waals surface area contributed by atoms with Gasteiger partial charge < -0.3 is 10.8 Å². The topological polar surface area (TPSA) is 113 Å². The second kappa shape index (κ2) is 5.58. The number of pyridine rings is 2. The summed E-state index contributed by atoms with van der Waals surface area (Å²) in [6, 6.07) is 8.01. The number of aromatic nitrogens is 2. The van der Waals surface area contributed by atoms with Crippen molar-refractivity contribution in [1.29, 1.82) is 0 Å². The molecule has 0 bridgehead atoms. The van der Waals surface area contributed by atoms with Crippen molar-refractivity contribution in [2.45, 2.75) is 0 Å². The van der Waals surface area contributed by atoms with Crippen molar-refractivity contribution in [2.75, 3.05) is 0 Å². The smallest absolute Gasteiger partial charge is 0.293 e. The Morgan fingerprint density at radius 1 is 1.21 bits per heavy atom. The Labute approximate surface area is 108 Å². The summed E-state index contributed by atoms with van der Waals surface area (Å²) < 4.78 is 0. The molecule has 0 aliphatic heterocycles. The number of rotatable bonds is 3. The van der Waals surface area contributed by atoms with Gasteiger partial charge in [0.25, 0.3) is 5.91 Å². The van der Waals surface area contributed by atoms with Crippen molar-refractivity contribution in [2.24, 2.45) is 10.8 Å². The van der Waals surface area contributed by atoms with Crippen LogP contribution < -0.4 is 11.2 Å². The largest absolute Gasteiger partial charge is 0.505 e. The van der Waals surface area contributed by atoms with Crippen molar-refractivity contribution in [3.8, 4) is 5.75 Å². The van der Waals surface area contributed by atoms with Gasteiger partial charge in [-0.2, -0.15) is 5.10 Å². The minimum Gasteiger partial charge on any atom is -0.505 e. The van der Waals surface area contributed by atoms with Crippen molar-refractivity contribution in [3.63, 3.8) is 0 Å². The number of amidine groups is 1. The Morgan fingerprint density at radius 3 is 2.68 bits per heavy atom. The minimum absolute atomic E-state index is 0.0596.